The topological polar surface area (TPSA) is 46.9 Å². The monoisotopic (exact) mass is 291 g/mol. The van der Waals surface area contributed by atoms with Crippen molar-refractivity contribution >= 4 is 11.6 Å². The van der Waals surface area contributed by atoms with Gasteiger partial charge in [-0.05, 0) is 61.4 Å². The minimum absolute atomic E-state index is 0.110. The van der Waals surface area contributed by atoms with Crippen molar-refractivity contribution in [2.24, 2.45) is 0 Å². The van der Waals surface area contributed by atoms with Gasteiger partial charge in [-0.25, -0.2) is 4.68 Å². The summed E-state index contributed by atoms with van der Waals surface area (Å²) in [7, 11) is 0. The molecule has 3 aromatic rings. The molecule has 0 spiro atoms. The first-order chi connectivity index (χ1) is 10.6. The van der Waals surface area contributed by atoms with E-state index in [1.165, 1.54) is 0 Å². The van der Waals surface area contributed by atoms with Crippen LogP contribution in [-0.4, -0.2) is 15.7 Å². The Labute approximate surface area is 129 Å². The van der Waals surface area contributed by atoms with Crippen LogP contribution in [0.4, 0.5) is 5.69 Å². The van der Waals surface area contributed by atoms with Gasteiger partial charge in [-0.15, -0.1) is 0 Å². The first-order valence-electron chi connectivity index (χ1n) is 7.13. The minimum Gasteiger partial charge on any atom is -0.322 e. The Morgan fingerprint density at radius 2 is 1.82 bits per heavy atom. The van der Waals surface area contributed by atoms with Gasteiger partial charge in [0.25, 0.3) is 5.91 Å². The number of carbonyl (C=O) groups is 1. The van der Waals surface area contributed by atoms with E-state index in [1.807, 2.05) is 56.4 Å². The van der Waals surface area contributed by atoms with E-state index in [9.17, 15) is 4.79 Å². The number of amides is 1. The quantitative estimate of drug-likeness (QED) is 0.799. The maximum absolute atomic E-state index is 12.3. The lowest BCUT2D eigenvalue weighted by atomic mass is 10.1. The van der Waals surface area contributed by atoms with E-state index in [0.717, 1.165) is 22.5 Å². The molecule has 1 N–H and O–H groups in total. The number of benzene rings is 2. The summed E-state index contributed by atoms with van der Waals surface area (Å²) in [4.78, 5) is 12.3. The molecule has 0 saturated heterocycles. The van der Waals surface area contributed by atoms with Crippen LogP contribution < -0.4 is 5.32 Å². The van der Waals surface area contributed by atoms with E-state index in [4.69, 9.17) is 0 Å². The first-order valence-corrected chi connectivity index (χ1v) is 7.13. The largest absolute Gasteiger partial charge is 0.322 e. The minimum atomic E-state index is -0.110. The smallest absolute Gasteiger partial charge is 0.255 e. The second kappa shape index (κ2) is 5.85. The Hall–Kier alpha value is -2.88. The summed E-state index contributed by atoms with van der Waals surface area (Å²) in [5, 5.41) is 7.13. The SMILES string of the molecule is Cc1cccc(NC(=O)c2ccc(-n3cccn3)cc2)c1C. The van der Waals surface area contributed by atoms with Gasteiger partial charge >= 0.3 is 0 Å². The number of carbonyl (C=O) groups excluding carboxylic acids is 1. The van der Waals surface area contributed by atoms with Crippen LogP contribution in [0.2, 0.25) is 0 Å². The number of hydrogen-bond acceptors (Lipinski definition) is 2. The van der Waals surface area contributed by atoms with Crippen molar-refractivity contribution in [2.45, 2.75) is 13.8 Å². The van der Waals surface area contributed by atoms with Crippen molar-refractivity contribution in [3.8, 4) is 5.69 Å². The van der Waals surface area contributed by atoms with Crippen LogP contribution in [0.25, 0.3) is 5.69 Å². The second-order valence-corrected chi connectivity index (χ2v) is 5.20. The Bertz CT molecular complexity index is 790. The molecule has 0 fully saturated rings. The molecule has 1 aromatic heterocycles. The van der Waals surface area contributed by atoms with Crippen LogP contribution >= 0.6 is 0 Å². The van der Waals surface area contributed by atoms with Gasteiger partial charge < -0.3 is 5.32 Å². The average molecular weight is 291 g/mol. The molecule has 0 unspecified atom stereocenters. The van der Waals surface area contributed by atoms with Crippen LogP contribution in [0, 0.1) is 13.8 Å². The highest BCUT2D eigenvalue weighted by Gasteiger charge is 2.08. The van der Waals surface area contributed by atoms with Crippen molar-refractivity contribution in [2.75, 3.05) is 5.32 Å². The highest BCUT2D eigenvalue weighted by Crippen LogP contribution is 2.19. The van der Waals surface area contributed by atoms with Gasteiger partial charge in [-0.1, -0.05) is 12.1 Å². The van der Waals surface area contributed by atoms with Crippen LogP contribution in [0.15, 0.2) is 60.9 Å². The summed E-state index contributed by atoms with van der Waals surface area (Å²) in [6.07, 6.45) is 3.59. The van der Waals surface area contributed by atoms with Gasteiger partial charge in [0.05, 0.1) is 5.69 Å². The van der Waals surface area contributed by atoms with Crippen LogP contribution in [0.5, 0.6) is 0 Å². The summed E-state index contributed by atoms with van der Waals surface area (Å²) in [6, 6.07) is 15.1. The summed E-state index contributed by atoms with van der Waals surface area (Å²) in [5.74, 6) is -0.110. The molecular weight excluding hydrogens is 274 g/mol. The zero-order valence-corrected chi connectivity index (χ0v) is 12.6. The second-order valence-electron chi connectivity index (χ2n) is 5.20. The van der Waals surface area contributed by atoms with E-state index in [2.05, 4.69) is 10.4 Å². The summed E-state index contributed by atoms with van der Waals surface area (Å²) in [6.45, 7) is 4.04. The standard InChI is InChI=1S/C18H17N3O/c1-13-5-3-6-17(14(13)2)20-18(22)15-7-9-16(10-8-15)21-12-4-11-19-21/h3-12H,1-2H3,(H,20,22). The number of hydrogen-bond donors (Lipinski definition) is 1. The highest BCUT2D eigenvalue weighted by molar-refractivity contribution is 6.04. The molecule has 0 aliphatic rings. The lowest BCUT2D eigenvalue weighted by molar-refractivity contribution is 0.102. The maximum atomic E-state index is 12.3. The molecule has 3 rings (SSSR count). The molecule has 0 radical (unpaired) electrons. The number of aromatic nitrogens is 2. The number of rotatable bonds is 3. The molecule has 110 valence electrons. The van der Waals surface area contributed by atoms with Crippen LogP contribution in [-0.2, 0) is 0 Å². The van der Waals surface area contributed by atoms with Gasteiger partial charge in [-0.2, -0.15) is 5.10 Å². The Balaban J connectivity index is 1.79. The molecule has 2 aromatic carbocycles. The molecule has 1 amide bonds. The molecule has 0 aliphatic heterocycles. The van der Waals surface area contributed by atoms with E-state index in [1.54, 1.807) is 23.0 Å². The third-order valence-electron chi connectivity index (χ3n) is 3.75. The molecule has 0 aliphatic carbocycles. The van der Waals surface area contributed by atoms with Gasteiger partial charge in [0.2, 0.25) is 0 Å². The molecule has 4 heteroatoms. The maximum Gasteiger partial charge on any atom is 0.255 e. The average Bonchev–Trinajstić information content (AvgIpc) is 3.06. The van der Waals surface area contributed by atoms with Gasteiger partial charge in [0.1, 0.15) is 0 Å². The van der Waals surface area contributed by atoms with Crippen LogP contribution in [0.1, 0.15) is 21.5 Å². The third kappa shape index (κ3) is 2.76. The van der Waals surface area contributed by atoms with Gasteiger partial charge in [0, 0.05) is 23.6 Å². The zero-order chi connectivity index (χ0) is 15.5. The Kier molecular flexibility index (Phi) is 3.74. The zero-order valence-electron chi connectivity index (χ0n) is 12.6. The number of anilines is 1. The first kappa shape index (κ1) is 14.1. The lowest BCUT2D eigenvalue weighted by Crippen LogP contribution is -2.13. The van der Waals surface area contributed by atoms with Gasteiger partial charge in [0.15, 0.2) is 0 Å². The molecule has 0 bridgehead atoms. The summed E-state index contributed by atoms with van der Waals surface area (Å²) < 4.78 is 1.76. The summed E-state index contributed by atoms with van der Waals surface area (Å²) in [5.41, 5.74) is 4.64. The normalized spacial score (nSPS) is 10.5. The van der Waals surface area contributed by atoms with Gasteiger partial charge in [-0.3, -0.25) is 4.79 Å². The van der Waals surface area contributed by atoms with Crippen molar-refractivity contribution in [1.29, 1.82) is 0 Å². The molecular formula is C18H17N3O. The van der Waals surface area contributed by atoms with E-state index < -0.39 is 0 Å². The Morgan fingerprint density at radius 1 is 1.05 bits per heavy atom. The fourth-order valence-corrected chi connectivity index (χ4v) is 2.27. The van der Waals surface area contributed by atoms with E-state index in [-0.39, 0.29) is 5.91 Å². The number of nitrogens with one attached hydrogen (secondary N) is 1. The third-order valence-corrected chi connectivity index (χ3v) is 3.75. The van der Waals surface area contributed by atoms with Crippen LogP contribution in [0.3, 0.4) is 0 Å². The molecule has 0 atom stereocenters. The highest BCUT2D eigenvalue weighted by atomic mass is 16.1. The van der Waals surface area contributed by atoms with Crippen molar-refractivity contribution in [1.82, 2.24) is 9.78 Å². The van der Waals surface area contributed by atoms with Crippen molar-refractivity contribution < 1.29 is 4.79 Å². The van der Waals surface area contributed by atoms with E-state index >= 15 is 0 Å². The van der Waals surface area contributed by atoms with E-state index in [0.29, 0.717) is 5.56 Å². The molecule has 22 heavy (non-hydrogen) atoms. The summed E-state index contributed by atoms with van der Waals surface area (Å²) >= 11 is 0. The Morgan fingerprint density at radius 3 is 2.50 bits per heavy atom. The molecule has 4 nitrogen and oxygen atoms in total. The fraction of sp³-hybridized carbons (Fsp3) is 0.111. The predicted octanol–water partition coefficient (Wildman–Crippen LogP) is 3.74. The molecule has 1 heterocycles. The van der Waals surface area contributed by atoms with Crippen molar-refractivity contribution in [3.63, 3.8) is 0 Å². The number of aryl methyl sites for hydroxylation is 1. The lowest BCUT2D eigenvalue weighted by Gasteiger charge is -2.10. The fourth-order valence-electron chi connectivity index (χ4n) is 2.27. The predicted molar refractivity (Wildman–Crippen MR) is 87.4 cm³/mol. The number of nitrogens with zero attached hydrogens (tertiary/aromatic N) is 2. The van der Waals surface area contributed by atoms with Crippen molar-refractivity contribution in [3.05, 3.63) is 77.6 Å². The molecule has 0 saturated carbocycles.